The quantitative estimate of drug-likeness (QED) is 0.538. The lowest BCUT2D eigenvalue weighted by atomic mass is 9.74. The van der Waals surface area contributed by atoms with Crippen LogP contribution in [0.4, 0.5) is 13.2 Å². The summed E-state index contributed by atoms with van der Waals surface area (Å²) in [6.45, 7) is 0. The van der Waals surface area contributed by atoms with Crippen LogP contribution in [-0.2, 0) is 9.59 Å². The van der Waals surface area contributed by atoms with E-state index in [-0.39, 0.29) is 49.1 Å². The fraction of sp³-hybridized carbons (Fsp3) is 0.609. The number of rotatable bonds is 6. The van der Waals surface area contributed by atoms with E-state index in [0.29, 0.717) is 12.8 Å². The maximum atomic E-state index is 15.0. The second kappa shape index (κ2) is 8.80. The van der Waals surface area contributed by atoms with Gasteiger partial charge >= 0.3 is 0 Å². The van der Waals surface area contributed by atoms with Crippen molar-refractivity contribution in [2.24, 2.45) is 11.3 Å². The second-order valence-electron chi connectivity index (χ2n) is 9.63. The lowest BCUT2D eigenvalue weighted by Gasteiger charge is -2.37. The van der Waals surface area contributed by atoms with Crippen LogP contribution in [0.15, 0.2) is 12.1 Å². The first kappa shape index (κ1) is 23.8. The average Bonchev–Trinajstić information content (AvgIpc) is 3.41. The number of carbonyl (C=O) groups is 2. The highest BCUT2D eigenvalue weighted by molar-refractivity contribution is 6.30. The van der Waals surface area contributed by atoms with Gasteiger partial charge in [0.05, 0.1) is 29.3 Å². The zero-order chi connectivity index (χ0) is 24.0. The number of hydrogen-bond donors (Lipinski definition) is 3. The number of fused-ring (bicyclic) bond motifs is 2. The van der Waals surface area contributed by atoms with Gasteiger partial charge in [0, 0.05) is 11.5 Å². The summed E-state index contributed by atoms with van der Waals surface area (Å²) in [6.07, 6.45) is 0.139. The van der Waals surface area contributed by atoms with Crippen LogP contribution in [0.5, 0.6) is 0 Å². The second-order valence-corrected chi connectivity index (χ2v) is 10.0. The molecule has 3 aliphatic carbocycles. The van der Waals surface area contributed by atoms with E-state index in [1.165, 1.54) is 0 Å². The van der Waals surface area contributed by atoms with Crippen molar-refractivity contribution in [3.8, 4) is 6.07 Å². The summed E-state index contributed by atoms with van der Waals surface area (Å²) in [5.41, 5.74) is -2.62. The topological polar surface area (TPSA) is 102 Å². The maximum Gasteiger partial charge on any atom is 0.234 e. The summed E-state index contributed by atoms with van der Waals surface area (Å²) < 4.78 is 44.9. The third-order valence-electron chi connectivity index (χ3n) is 7.56. The van der Waals surface area contributed by atoms with Gasteiger partial charge in [0.2, 0.25) is 11.8 Å². The van der Waals surface area contributed by atoms with E-state index in [1.54, 1.807) is 6.07 Å². The molecule has 4 atom stereocenters. The first-order valence-electron chi connectivity index (χ1n) is 11.0. The molecule has 3 saturated carbocycles. The number of halogens is 4. The number of amides is 2. The van der Waals surface area contributed by atoms with Gasteiger partial charge in [-0.25, -0.2) is 13.2 Å². The van der Waals surface area contributed by atoms with E-state index in [2.05, 4.69) is 10.6 Å². The van der Waals surface area contributed by atoms with Crippen LogP contribution in [0, 0.1) is 34.3 Å². The van der Waals surface area contributed by atoms with Crippen molar-refractivity contribution in [3.63, 3.8) is 0 Å². The Morgan fingerprint density at radius 1 is 1.24 bits per heavy atom. The van der Waals surface area contributed by atoms with Gasteiger partial charge in [-0.15, -0.1) is 0 Å². The molecule has 1 aromatic rings. The molecule has 10 heteroatoms. The van der Waals surface area contributed by atoms with E-state index in [4.69, 9.17) is 16.9 Å². The molecule has 0 radical (unpaired) electrons. The number of aliphatic hydroxyl groups excluding tert-OH is 1. The van der Waals surface area contributed by atoms with Gasteiger partial charge in [-0.1, -0.05) is 11.6 Å². The summed E-state index contributed by atoms with van der Waals surface area (Å²) in [6, 6.07) is 2.01. The molecule has 3 N–H and O–H groups in total. The molecule has 0 spiro atoms. The smallest absolute Gasteiger partial charge is 0.234 e. The van der Waals surface area contributed by atoms with Gasteiger partial charge < -0.3 is 15.7 Å². The Hall–Kier alpha value is -2.31. The minimum absolute atomic E-state index is 0.0383. The molecule has 2 bridgehead atoms. The normalized spacial score (nSPS) is 33.5. The Morgan fingerprint density at radius 3 is 2.55 bits per heavy atom. The summed E-state index contributed by atoms with van der Waals surface area (Å²) >= 11 is 5.91. The van der Waals surface area contributed by atoms with Gasteiger partial charge in [-0.2, -0.15) is 5.26 Å². The number of carbonyl (C=O) groups excluding carboxylic acids is 2. The first-order valence-corrected chi connectivity index (χ1v) is 11.4. The molecular formula is C23H25ClF3N3O3. The molecule has 0 unspecified atom stereocenters. The minimum Gasteiger partial charge on any atom is -0.391 e. The fourth-order valence-corrected chi connectivity index (χ4v) is 6.05. The number of nitrogens with zero attached hydrogens (tertiary/aromatic N) is 1. The van der Waals surface area contributed by atoms with Crippen LogP contribution in [0.1, 0.15) is 63.0 Å². The van der Waals surface area contributed by atoms with Gasteiger partial charge in [-0.05, 0) is 62.5 Å². The fourth-order valence-electron chi connectivity index (χ4n) is 5.88. The van der Waals surface area contributed by atoms with Crippen molar-refractivity contribution in [2.75, 3.05) is 0 Å². The van der Waals surface area contributed by atoms with Crippen molar-refractivity contribution in [1.29, 1.82) is 5.26 Å². The number of hydrogen-bond acceptors (Lipinski definition) is 4. The van der Waals surface area contributed by atoms with Crippen LogP contribution in [-0.4, -0.2) is 34.7 Å². The third kappa shape index (κ3) is 4.43. The Morgan fingerprint density at radius 2 is 1.94 bits per heavy atom. The number of benzene rings is 1. The molecule has 0 aliphatic heterocycles. The maximum absolute atomic E-state index is 15.0. The van der Waals surface area contributed by atoms with Crippen LogP contribution < -0.4 is 10.6 Å². The van der Waals surface area contributed by atoms with Gasteiger partial charge in [0.25, 0.3) is 0 Å². The number of nitrogens with one attached hydrogen (secondary N) is 2. The minimum atomic E-state index is -1.41. The first-order chi connectivity index (χ1) is 15.6. The lowest BCUT2D eigenvalue weighted by Crippen LogP contribution is -2.43. The number of aliphatic hydroxyl groups is 1. The van der Waals surface area contributed by atoms with Gasteiger partial charge in [0.1, 0.15) is 23.7 Å². The third-order valence-corrected chi connectivity index (χ3v) is 7.86. The van der Waals surface area contributed by atoms with E-state index in [0.717, 1.165) is 12.1 Å². The molecule has 1 aromatic carbocycles. The predicted molar refractivity (Wildman–Crippen MR) is 113 cm³/mol. The van der Waals surface area contributed by atoms with E-state index >= 15 is 4.39 Å². The Bertz CT molecular complexity index is 1010. The summed E-state index contributed by atoms with van der Waals surface area (Å²) in [5.74, 6) is -3.67. The molecule has 0 saturated heterocycles. The van der Waals surface area contributed by atoms with Crippen LogP contribution in [0.2, 0.25) is 5.02 Å². The highest BCUT2D eigenvalue weighted by atomic mass is 35.5. The Kier molecular flexibility index (Phi) is 6.36. The summed E-state index contributed by atoms with van der Waals surface area (Å²) in [7, 11) is 0. The zero-order valence-corrected chi connectivity index (χ0v) is 18.6. The van der Waals surface area contributed by atoms with Crippen molar-refractivity contribution < 1.29 is 27.9 Å². The molecule has 33 heavy (non-hydrogen) atoms. The highest BCUT2D eigenvalue weighted by Gasteiger charge is 2.59. The van der Waals surface area contributed by atoms with Crippen molar-refractivity contribution >= 4 is 23.4 Å². The van der Waals surface area contributed by atoms with Crippen molar-refractivity contribution in [1.82, 2.24) is 10.6 Å². The molecule has 178 valence electrons. The van der Waals surface area contributed by atoms with Crippen LogP contribution in [0.3, 0.4) is 0 Å². The van der Waals surface area contributed by atoms with Crippen molar-refractivity contribution in [3.05, 3.63) is 34.4 Å². The lowest BCUT2D eigenvalue weighted by molar-refractivity contribution is -0.127. The number of alkyl halides is 1. The van der Waals surface area contributed by atoms with Crippen LogP contribution >= 0.6 is 11.6 Å². The van der Waals surface area contributed by atoms with Crippen LogP contribution in [0.25, 0.3) is 0 Å². The van der Waals surface area contributed by atoms with E-state index in [1.807, 2.05) is 0 Å². The number of nitriles is 1. The monoisotopic (exact) mass is 483 g/mol. The Balaban J connectivity index is 1.59. The summed E-state index contributed by atoms with van der Waals surface area (Å²) in [5, 5.41) is 23.9. The largest absolute Gasteiger partial charge is 0.391 e. The van der Waals surface area contributed by atoms with E-state index in [9.17, 15) is 23.5 Å². The highest BCUT2D eigenvalue weighted by Crippen LogP contribution is 2.63. The van der Waals surface area contributed by atoms with E-state index < -0.39 is 58.6 Å². The standard InChI is InChI=1S/C23H25ClF3N3O3/c24-13-1-2-14(25)18(19(13)26)20(22-4-6-23(27,11-22)7-5-22)30-21(33)12-9-15(16(31)10-12)29-17(32)3-8-28/h1-2,12,15-16,20,31H,3-7,9-11H2,(H,29,32)(H,30,33)/t12-,15-,16+,20+,22?,23?/m0/s1. The van der Waals surface area contributed by atoms with Gasteiger partial charge in [-0.3, -0.25) is 9.59 Å². The molecule has 0 aromatic heterocycles. The summed E-state index contributed by atoms with van der Waals surface area (Å²) in [4.78, 5) is 24.9. The van der Waals surface area contributed by atoms with Crippen molar-refractivity contribution in [2.45, 2.75) is 75.2 Å². The zero-order valence-electron chi connectivity index (χ0n) is 17.8. The average molecular weight is 484 g/mol. The molecule has 0 heterocycles. The predicted octanol–water partition coefficient (Wildman–Crippen LogP) is 3.62. The molecule has 3 aliphatic rings. The van der Waals surface area contributed by atoms with Gasteiger partial charge in [0.15, 0.2) is 0 Å². The molecular weight excluding hydrogens is 459 g/mol. The molecule has 6 nitrogen and oxygen atoms in total. The molecule has 3 fully saturated rings. The molecule has 4 rings (SSSR count). The molecule has 2 amide bonds. The SMILES string of the molecule is N#CCC(=O)N[C@H]1C[C@H](C(=O)N[C@H](c2c(F)ccc(Cl)c2F)C23CCC(F)(CC2)C3)C[C@H]1O. The Labute approximate surface area is 194 Å².